The molecule has 2 N–H and O–H groups in total. The topological polar surface area (TPSA) is 35.5 Å². The molecule has 0 heterocycles. The van der Waals surface area contributed by atoms with E-state index >= 15 is 0 Å². The number of hydrogen-bond donors (Lipinski definition) is 2. The zero-order chi connectivity index (χ0) is 14.3. The highest BCUT2D eigenvalue weighted by atomic mass is 16.3. The largest absolute Gasteiger partial charge is 0.395 e. The van der Waals surface area contributed by atoms with Gasteiger partial charge in [-0.05, 0) is 37.6 Å². The first-order chi connectivity index (χ1) is 9.79. The van der Waals surface area contributed by atoms with E-state index in [9.17, 15) is 5.11 Å². The molecule has 2 aliphatic rings. The lowest BCUT2D eigenvalue weighted by Gasteiger charge is -2.43. The van der Waals surface area contributed by atoms with Crippen LogP contribution in [0.25, 0.3) is 0 Å². The Balaban J connectivity index is 1.98. The van der Waals surface area contributed by atoms with Crippen LogP contribution < -0.4 is 5.32 Å². The highest BCUT2D eigenvalue weighted by Gasteiger charge is 2.35. The molecule has 0 saturated heterocycles. The first kappa shape index (κ1) is 16.3. The third kappa shape index (κ3) is 4.44. The average molecular weight is 282 g/mol. The molecule has 0 unspecified atom stereocenters. The molecule has 0 spiro atoms. The van der Waals surface area contributed by atoms with Crippen LogP contribution in [-0.4, -0.2) is 48.8 Å². The van der Waals surface area contributed by atoms with E-state index in [4.69, 9.17) is 0 Å². The number of aliphatic hydroxyl groups excluding tert-OH is 1. The van der Waals surface area contributed by atoms with Gasteiger partial charge in [-0.3, -0.25) is 4.90 Å². The van der Waals surface area contributed by atoms with E-state index in [1.54, 1.807) is 0 Å². The molecule has 2 aliphatic carbocycles. The highest BCUT2D eigenvalue weighted by Crippen LogP contribution is 2.38. The quantitative estimate of drug-likeness (QED) is 0.718. The minimum absolute atomic E-state index is 0.313. The molecule has 2 rings (SSSR count). The first-order valence-corrected chi connectivity index (χ1v) is 8.85. The first-order valence-electron chi connectivity index (χ1n) is 8.85. The Hall–Kier alpha value is -0.120. The van der Waals surface area contributed by atoms with E-state index in [1.165, 1.54) is 64.3 Å². The summed E-state index contributed by atoms with van der Waals surface area (Å²) in [5, 5.41) is 13.0. The second-order valence-corrected chi connectivity index (χ2v) is 6.97. The third-order valence-corrected chi connectivity index (χ3v) is 5.43. The average Bonchev–Trinajstić information content (AvgIpc) is 3.00. The van der Waals surface area contributed by atoms with Crippen LogP contribution >= 0.6 is 0 Å². The molecular weight excluding hydrogens is 248 g/mol. The van der Waals surface area contributed by atoms with Crippen molar-refractivity contribution in [3.8, 4) is 0 Å². The molecular formula is C17H34N2O. The van der Waals surface area contributed by atoms with E-state index in [0.29, 0.717) is 12.0 Å². The van der Waals surface area contributed by atoms with Gasteiger partial charge in [0.1, 0.15) is 0 Å². The summed E-state index contributed by atoms with van der Waals surface area (Å²) < 4.78 is 0. The smallest absolute Gasteiger partial charge is 0.0558 e. The lowest BCUT2D eigenvalue weighted by molar-refractivity contribution is 0.0626. The molecule has 0 radical (unpaired) electrons. The van der Waals surface area contributed by atoms with Crippen LogP contribution in [-0.2, 0) is 0 Å². The molecule has 2 fully saturated rings. The van der Waals surface area contributed by atoms with Crippen molar-refractivity contribution < 1.29 is 5.11 Å². The molecule has 0 aromatic rings. The Bertz CT molecular complexity index is 258. The third-order valence-electron chi connectivity index (χ3n) is 5.43. The predicted molar refractivity (Wildman–Crippen MR) is 85.0 cm³/mol. The van der Waals surface area contributed by atoms with Gasteiger partial charge in [0.05, 0.1) is 6.61 Å². The van der Waals surface area contributed by atoms with E-state index in [1.807, 2.05) is 0 Å². The molecule has 0 aliphatic heterocycles. The Morgan fingerprint density at radius 1 is 1.10 bits per heavy atom. The van der Waals surface area contributed by atoms with Gasteiger partial charge in [0.2, 0.25) is 0 Å². The number of nitrogens with one attached hydrogen (secondary N) is 1. The van der Waals surface area contributed by atoms with E-state index < -0.39 is 0 Å². The van der Waals surface area contributed by atoms with Crippen LogP contribution in [0.1, 0.15) is 64.7 Å². The summed E-state index contributed by atoms with van der Waals surface area (Å²) in [4.78, 5) is 2.62. The van der Waals surface area contributed by atoms with Gasteiger partial charge in [0.25, 0.3) is 0 Å². The zero-order valence-corrected chi connectivity index (χ0v) is 13.4. The van der Waals surface area contributed by atoms with Crippen molar-refractivity contribution in [3.05, 3.63) is 0 Å². The highest BCUT2D eigenvalue weighted by molar-refractivity contribution is 4.90. The van der Waals surface area contributed by atoms with Crippen molar-refractivity contribution in [2.75, 3.05) is 32.8 Å². The molecule has 118 valence electrons. The zero-order valence-electron chi connectivity index (χ0n) is 13.4. The fourth-order valence-corrected chi connectivity index (χ4v) is 4.30. The van der Waals surface area contributed by atoms with Gasteiger partial charge < -0.3 is 10.4 Å². The summed E-state index contributed by atoms with van der Waals surface area (Å²) in [6, 6.07) is 0.738. The van der Waals surface area contributed by atoms with Crippen molar-refractivity contribution in [1.29, 1.82) is 0 Å². The van der Waals surface area contributed by atoms with E-state index in [-0.39, 0.29) is 0 Å². The summed E-state index contributed by atoms with van der Waals surface area (Å²) in [5.74, 6) is 0. The monoisotopic (exact) mass is 282 g/mol. The SMILES string of the molecule is CCNCC1(CN(CCO)C2CCCC2)CCCCC1. The number of nitrogens with zero attached hydrogens (tertiary/aromatic N) is 1. The van der Waals surface area contributed by atoms with Crippen LogP contribution in [0.4, 0.5) is 0 Å². The minimum Gasteiger partial charge on any atom is -0.395 e. The number of aliphatic hydroxyl groups is 1. The lowest BCUT2D eigenvalue weighted by Crippen LogP contribution is -2.49. The standard InChI is InChI=1S/C17H34N2O/c1-2-18-14-17(10-6-3-7-11-17)15-19(12-13-20)16-8-4-5-9-16/h16,18,20H,2-15H2,1H3. The summed E-state index contributed by atoms with van der Waals surface area (Å²) in [5.41, 5.74) is 0.464. The number of rotatable bonds is 8. The second-order valence-electron chi connectivity index (χ2n) is 6.97. The second kappa shape index (κ2) is 8.35. The maximum absolute atomic E-state index is 9.43. The van der Waals surface area contributed by atoms with Crippen LogP contribution in [0.2, 0.25) is 0 Å². The summed E-state index contributed by atoms with van der Waals surface area (Å²) in [7, 11) is 0. The molecule has 20 heavy (non-hydrogen) atoms. The molecule has 0 atom stereocenters. The molecule has 3 nitrogen and oxygen atoms in total. The van der Waals surface area contributed by atoms with Crippen molar-refractivity contribution in [2.24, 2.45) is 5.41 Å². The Kier molecular flexibility index (Phi) is 6.79. The normalized spacial score (nSPS) is 23.6. The Labute approximate surface area is 125 Å². The van der Waals surface area contributed by atoms with Crippen LogP contribution in [0.3, 0.4) is 0 Å². The van der Waals surface area contributed by atoms with Gasteiger partial charge in [-0.15, -0.1) is 0 Å². The fraction of sp³-hybridized carbons (Fsp3) is 1.00. The van der Waals surface area contributed by atoms with Crippen molar-refractivity contribution >= 4 is 0 Å². The lowest BCUT2D eigenvalue weighted by atomic mass is 9.73. The summed E-state index contributed by atoms with van der Waals surface area (Å²) in [6.45, 7) is 6.83. The van der Waals surface area contributed by atoms with E-state index in [0.717, 1.165) is 25.7 Å². The molecule has 2 saturated carbocycles. The van der Waals surface area contributed by atoms with Gasteiger partial charge in [-0.1, -0.05) is 39.0 Å². The van der Waals surface area contributed by atoms with Crippen molar-refractivity contribution in [2.45, 2.75) is 70.8 Å². The van der Waals surface area contributed by atoms with Gasteiger partial charge in [-0.2, -0.15) is 0 Å². The maximum Gasteiger partial charge on any atom is 0.0558 e. The van der Waals surface area contributed by atoms with Gasteiger partial charge >= 0.3 is 0 Å². The van der Waals surface area contributed by atoms with Crippen LogP contribution in [0, 0.1) is 5.41 Å². The van der Waals surface area contributed by atoms with Crippen LogP contribution in [0.15, 0.2) is 0 Å². The van der Waals surface area contributed by atoms with Gasteiger partial charge in [0.15, 0.2) is 0 Å². The van der Waals surface area contributed by atoms with Gasteiger partial charge in [-0.25, -0.2) is 0 Å². The van der Waals surface area contributed by atoms with Gasteiger partial charge in [0, 0.05) is 25.7 Å². The maximum atomic E-state index is 9.43. The molecule has 0 aromatic heterocycles. The predicted octanol–water partition coefficient (Wildman–Crippen LogP) is 2.78. The summed E-state index contributed by atoms with van der Waals surface area (Å²) >= 11 is 0. The van der Waals surface area contributed by atoms with Crippen molar-refractivity contribution in [1.82, 2.24) is 10.2 Å². The van der Waals surface area contributed by atoms with Crippen molar-refractivity contribution in [3.63, 3.8) is 0 Å². The number of hydrogen-bond acceptors (Lipinski definition) is 3. The molecule has 0 amide bonds. The minimum atomic E-state index is 0.313. The molecule has 3 heteroatoms. The molecule has 0 aromatic carbocycles. The summed E-state index contributed by atoms with van der Waals surface area (Å²) in [6.07, 6.45) is 12.4. The Morgan fingerprint density at radius 2 is 1.80 bits per heavy atom. The van der Waals surface area contributed by atoms with Crippen LogP contribution in [0.5, 0.6) is 0 Å². The van der Waals surface area contributed by atoms with E-state index in [2.05, 4.69) is 17.1 Å². The Morgan fingerprint density at radius 3 is 2.40 bits per heavy atom. The molecule has 0 bridgehead atoms. The fourth-order valence-electron chi connectivity index (χ4n) is 4.30.